The number of nitrogens with zero attached hydrogens (tertiary/aromatic N) is 4. The van der Waals surface area contributed by atoms with E-state index in [-0.39, 0.29) is 5.91 Å². The Labute approximate surface area is 137 Å². The summed E-state index contributed by atoms with van der Waals surface area (Å²) in [6, 6.07) is 8.49. The van der Waals surface area contributed by atoms with E-state index in [1.165, 1.54) is 11.3 Å². The molecule has 0 fully saturated rings. The van der Waals surface area contributed by atoms with Crippen molar-refractivity contribution < 1.29 is 4.79 Å². The molecule has 0 aliphatic heterocycles. The summed E-state index contributed by atoms with van der Waals surface area (Å²) in [7, 11) is 1.91. The van der Waals surface area contributed by atoms with Gasteiger partial charge in [0.1, 0.15) is 0 Å². The van der Waals surface area contributed by atoms with Crippen molar-refractivity contribution in [2.24, 2.45) is 7.05 Å². The molecule has 0 unspecified atom stereocenters. The number of nitrogens with one attached hydrogen (secondary N) is 1. The summed E-state index contributed by atoms with van der Waals surface area (Å²) in [4.78, 5) is 21.9. The Morgan fingerprint density at radius 1 is 1.35 bits per heavy atom. The second-order valence-corrected chi connectivity index (χ2v) is 5.94. The topological polar surface area (TPSA) is 83.6 Å². The monoisotopic (exact) mass is 323 g/mol. The average molecular weight is 323 g/mol. The van der Waals surface area contributed by atoms with Gasteiger partial charge in [-0.05, 0) is 31.2 Å². The fraction of sp³-hybridized carbons (Fsp3) is 0.125. The van der Waals surface area contributed by atoms with Gasteiger partial charge in [-0.15, -0.1) is 0 Å². The molecule has 0 atom stereocenters. The number of rotatable bonds is 3. The molecule has 3 rings (SSSR count). The van der Waals surface area contributed by atoms with Gasteiger partial charge in [-0.2, -0.15) is 5.26 Å². The van der Waals surface area contributed by atoms with Crippen molar-refractivity contribution in [2.45, 2.75) is 6.92 Å². The zero-order valence-electron chi connectivity index (χ0n) is 12.6. The van der Waals surface area contributed by atoms with Gasteiger partial charge in [0.15, 0.2) is 11.0 Å². The maximum absolute atomic E-state index is 12.2. The Bertz CT molecular complexity index is 901. The molecule has 0 saturated heterocycles. The van der Waals surface area contributed by atoms with Gasteiger partial charge in [0.05, 0.1) is 22.2 Å². The minimum absolute atomic E-state index is 0.255. The summed E-state index contributed by atoms with van der Waals surface area (Å²) in [6.45, 7) is 1.89. The summed E-state index contributed by atoms with van der Waals surface area (Å²) in [5.74, 6) is 0.563. The van der Waals surface area contributed by atoms with Crippen LogP contribution in [0.1, 0.15) is 21.6 Å². The standard InChI is InChI=1S/C16H13N5OS/c1-10-13(14-18-7-8-21(14)2)23-16(19-10)20-15(22)12-5-3-11(9-17)4-6-12/h3-8H,1-2H3,(H,19,20,22). The zero-order valence-corrected chi connectivity index (χ0v) is 13.4. The first-order valence-corrected chi connectivity index (χ1v) is 7.67. The number of nitriles is 1. The zero-order chi connectivity index (χ0) is 16.4. The Balaban J connectivity index is 1.82. The molecule has 1 amide bonds. The highest BCUT2D eigenvalue weighted by Gasteiger charge is 2.15. The van der Waals surface area contributed by atoms with E-state index < -0.39 is 0 Å². The maximum atomic E-state index is 12.2. The molecular formula is C16H13N5OS. The number of carbonyl (C=O) groups is 1. The quantitative estimate of drug-likeness (QED) is 0.803. The van der Waals surface area contributed by atoms with Gasteiger partial charge in [0.25, 0.3) is 5.91 Å². The summed E-state index contributed by atoms with van der Waals surface area (Å²) < 4.78 is 1.91. The van der Waals surface area contributed by atoms with Crippen LogP contribution in [0.2, 0.25) is 0 Å². The number of hydrogen-bond donors (Lipinski definition) is 1. The van der Waals surface area contributed by atoms with Crippen LogP contribution in [0.15, 0.2) is 36.7 Å². The van der Waals surface area contributed by atoms with E-state index in [9.17, 15) is 4.79 Å². The summed E-state index contributed by atoms with van der Waals surface area (Å²) in [6.07, 6.45) is 3.59. The number of thiazole rings is 1. The maximum Gasteiger partial charge on any atom is 0.257 e. The van der Waals surface area contributed by atoms with E-state index in [4.69, 9.17) is 5.26 Å². The molecule has 7 heteroatoms. The van der Waals surface area contributed by atoms with Crippen molar-refractivity contribution in [2.75, 3.05) is 5.32 Å². The molecule has 0 radical (unpaired) electrons. The molecule has 0 spiro atoms. The van der Waals surface area contributed by atoms with Gasteiger partial charge in [-0.1, -0.05) is 11.3 Å². The molecular weight excluding hydrogens is 310 g/mol. The predicted molar refractivity (Wildman–Crippen MR) is 88.2 cm³/mol. The van der Waals surface area contributed by atoms with Gasteiger partial charge in [0, 0.05) is 25.0 Å². The molecule has 0 aliphatic rings. The highest BCUT2D eigenvalue weighted by Crippen LogP contribution is 2.31. The highest BCUT2D eigenvalue weighted by molar-refractivity contribution is 7.19. The number of benzene rings is 1. The lowest BCUT2D eigenvalue weighted by atomic mass is 10.1. The fourth-order valence-electron chi connectivity index (χ4n) is 2.11. The van der Waals surface area contributed by atoms with E-state index in [0.29, 0.717) is 16.3 Å². The van der Waals surface area contributed by atoms with Crippen LogP contribution in [0, 0.1) is 18.3 Å². The number of imidazole rings is 1. The Morgan fingerprint density at radius 2 is 2.09 bits per heavy atom. The van der Waals surface area contributed by atoms with Gasteiger partial charge in [-0.3, -0.25) is 10.1 Å². The number of hydrogen-bond acceptors (Lipinski definition) is 5. The highest BCUT2D eigenvalue weighted by atomic mass is 32.1. The molecule has 2 heterocycles. The smallest absolute Gasteiger partial charge is 0.257 e. The van der Waals surface area contributed by atoms with Crippen LogP contribution in [0.4, 0.5) is 5.13 Å². The van der Waals surface area contributed by atoms with Crippen LogP contribution in [-0.2, 0) is 7.05 Å². The molecule has 0 saturated carbocycles. The van der Waals surface area contributed by atoms with Crippen molar-refractivity contribution in [1.29, 1.82) is 5.26 Å². The Hall–Kier alpha value is -2.98. The second-order valence-electron chi connectivity index (χ2n) is 4.94. The van der Waals surface area contributed by atoms with E-state index in [1.807, 2.05) is 30.8 Å². The number of aromatic nitrogens is 3. The van der Waals surface area contributed by atoms with Gasteiger partial charge < -0.3 is 4.57 Å². The third kappa shape index (κ3) is 2.98. The summed E-state index contributed by atoms with van der Waals surface area (Å²) in [5, 5.41) is 12.1. The molecule has 1 aromatic carbocycles. The molecule has 6 nitrogen and oxygen atoms in total. The van der Waals surface area contributed by atoms with Crippen molar-refractivity contribution in [3.05, 3.63) is 53.5 Å². The SMILES string of the molecule is Cc1nc(NC(=O)c2ccc(C#N)cc2)sc1-c1nccn1C. The number of anilines is 1. The predicted octanol–water partition coefficient (Wildman–Crippen LogP) is 2.98. The molecule has 0 bridgehead atoms. The fourth-order valence-corrected chi connectivity index (χ4v) is 3.11. The van der Waals surface area contributed by atoms with Crippen LogP contribution in [0.5, 0.6) is 0 Å². The largest absolute Gasteiger partial charge is 0.333 e. The van der Waals surface area contributed by atoms with E-state index in [1.54, 1.807) is 30.5 Å². The van der Waals surface area contributed by atoms with Crippen LogP contribution < -0.4 is 5.32 Å². The minimum Gasteiger partial charge on any atom is -0.333 e. The summed E-state index contributed by atoms with van der Waals surface area (Å²) in [5.41, 5.74) is 1.82. The number of aryl methyl sites for hydroxylation is 2. The van der Waals surface area contributed by atoms with Crippen LogP contribution in [0.25, 0.3) is 10.7 Å². The molecule has 23 heavy (non-hydrogen) atoms. The lowest BCUT2D eigenvalue weighted by molar-refractivity contribution is 0.102. The first-order chi connectivity index (χ1) is 11.1. The van der Waals surface area contributed by atoms with Crippen LogP contribution in [-0.4, -0.2) is 20.4 Å². The van der Waals surface area contributed by atoms with Crippen LogP contribution >= 0.6 is 11.3 Å². The van der Waals surface area contributed by atoms with Crippen molar-refractivity contribution in [3.63, 3.8) is 0 Å². The van der Waals surface area contributed by atoms with Gasteiger partial charge in [0.2, 0.25) is 0 Å². The van der Waals surface area contributed by atoms with Crippen LogP contribution in [0.3, 0.4) is 0 Å². The molecule has 0 aliphatic carbocycles. The molecule has 114 valence electrons. The van der Waals surface area contributed by atoms with E-state index >= 15 is 0 Å². The number of amides is 1. The average Bonchev–Trinajstić information content (AvgIpc) is 3.12. The second kappa shape index (κ2) is 6.02. The first-order valence-electron chi connectivity index (χ1n) is 6.85. The third-order valence-corrected chi connectivity index (χ3v) is 4.39. The third-order valence-electron chi connectivity index (χ3n) is 3.32. The van der Waals surface area contributed by atoms with Gasteiger partial charge in [-0.25, -0.2) is 9.97 Å². The lowest BCUT2D eigenvalue weighted by Crippen LogP contribution is -2.11. The van der Waals surface area contributed by atoms with E-state index in [2.05, 4.69) is 15.3 Å². The van der Waals surface area contributed by atoms with Crippen molar-refractivity contribution in [1.82, 2.24) is 14.5 Å². The van der Waals surface area contributed by atoms with Crippen molar-refractivity contribution in [3.8, 4) is 16.8 Å². The van der Waals surface area contributed by atoms with E-state index in [0.717, 1.165) is 16.4 Å². The number of carbonyl (C=O) groups excluding carboxylic acids is 1. The molecule has 1 N–H and O–H groups in total. The Kier molecular flexibility index (Phi) is 3.91. The minimum atomic E-state index is -0.255. The Morgan fingerprint density at radius 3 is 2.70 bits per heavy atom. The molecule has 3 aromatic rings. The van der Waals surface area contributed by atoms with Gasteiger partial charge >= 0.3 is 0 Å². The first kappa shape index (κ1) is 14.9. The molecule has 2 aromatic heterocycles. The van der Waals surface area contributed by atoms with Crippen molar-refractivity contribution >= 4 is 22.4 Å². The summed E-state index contributed by atoms with van der Waals surface area (Å²) >= 11 is 1.38. The normalized spacial score (nSPS) is 10.3. The lowest BCUT2D eigenvalue weighted by Gasteiger charge is -2.01.